The first-order chi connectivity index (χ1) is 11.9. The number of rotatable bonds is 4. The number of carbonyl (C=O) groups excluding carboxylic acids is 1. The van der Waals surface area contributed by atoms with Gasteiger partial charge < -0.3 is 9.42 Å². The molecule has 2 aliphatic carbocycles. The lowest BCUT2D eigenvalue weighted by atomic mass is 9.88. The van der Waals surface area contributed by atoms with Crippen LogP contribution in [0.25, 0.3) is 0 Å². The number of hydrogen-bond donors (Lipinski definition) is 0. The molecule has 0 unspecified atom stereocenters. The standard InChI is InChI=1S/C17H25N3O4S/c1-11-7-16(18-24-11)17(21)20-6-5-12-8-14(9-13(12)10-20)19(2)25(22,23)15-3-4-15/h7,12-15H,3-6,8-10H2,1-2H3/t12-,13-,14+/m1/s1. The molecular formula is C17H25N3O4S. The van der Waals surface area contributed by atoms with Crippen molar-refractivity contribution in [2.24, 2.45) is 11.8 Å². The fourth-order valence-corrected chi connectivity index (χ4v) is 6.16. The Morgan fingerprint density at radius 2 is 2.00 bits per heavy atom. The number of aryl methyl sites for hydroxylation is 1. The molecule has 2 saturated carbocycles. The van der Waals surface area contributed by atoms with Gasteiger partial charge in [-0.05, 0) is 50.9 Å². The molecule has 2 heterocycles. The second-order valence-electron chi connectivity index (χ2n) is 7.77. The SMILES string of the molecule is Cc1cc(C(=O)N2CC[C@@H]3C[C@H](N(C)S(=O)(=O)C4CC4)C[C@@H]3C2)no1. The second kappa shape index (κ2) is 6.09. The molecular weight excluding hydrogens is 342 g/mol. The van der Waals surface area contributed by atoms with Gasteiger partial charge in [-0.15, -0.1) is 0 Å². The molecule has 0 bridgehead atoms. The number of nitrogens with zero attached hydrogens (tertiary/aromatic N) is 3. The molecule has 0 N–H and O–H groups in total. The third kappa shape index (κ3) is 3.10. The number of hydrogen-bond acceptors (Lipinski definition) is 5. The molecule has 0 aromatic carbocycles. The van der Waals surface area contributed by atoms with E-state index in [9.17, 15) is 13.2 Å². The molecule has 25 heavy (non-hydrogen) atoms. The van der Waals surface area contributed by atoms with Crippen molar-refractivity contribution in [1.29, 1.82) is 0 Å². The molecule has 3 atom stereocenters. The summed E-state index contributed by atoms with van der Waals surface area (Å²) < 4.78 is 31.6. The first-order valence-electron chi connectivity index (χ1n) is 9.05. The maximum Gasteiger partial charge on any atom is 0.276 e. The molecule has 1 amide bonds. The molecule has 138 valence electrons. The van der Waals surface area contributed by atoms with Crippen LogP contribution in [0.15, 0.2) is 10.6 Å². The number of sulfonamides is 1. The molecule has 1 aromatic rings. The fourth-order valence-electron chi connectivity index (χ4n) is 4.37. The Morgan fingerprint density at radius 3 is 2.64 bits per heavy atom. The van der Waals surface area contributed by atoms with Crippen molar-refractivity contribution < 1.29 is 17.7 Å². The van der Waals surface area contributed by atoms with Gasteiger partial charge in [0.1, 0.15) is 5.76 Å². The molecule has 1 saturated heterocycles. The second-order valence-corrected chi connectivity index (χ2v) is 10.0. The fraction of sp³-hybridized carbons (Fsp3) is 0.765. The largest absolute Gasteiger partial charge is 0.361 e. The van der Waals surface area contributed by atoms with Gasteiger partial charge in [0.15, 0.2) is 5.69 Å². The van der Waals surface area contributed by atoms with Gasteiger partial charge in [0.2, 0.25) is 10.0 Å². The molecule has 1 aliphatic heterocycles. The molecule has 1 aromatic heterocycles. The van der Waals surface area contributed by atoms with E-state index in [4.69, 9.17) is 4.52 Å². The lowest BCUT2D eigenvalue weighted by Crippen LogP contribution is -2.42. The zero-order valence-corrected chi connectivity index (χ0v) is 15.5. The Labute approximate surface area is 148 Å². The summed E-state index contributed by atoms with van der Waals surface area (Å²) in [6, 6.07) is 1.74. The highest BCUT2D eigenvalue weighted by molar-refractivity contribution is 7.90. The summed E-state index contributed by atoms with van der Waals surface area (Å²) in [5.74, 6) is 1.42. The van der Waals surface area contributed by atoms with Crippen LogP contribution >= 0.6 is 0 Å². The van der Waals surface area contributed by atoms with Crippen LogP contribution in [0.2, 0.25) is 0 Å². The molecule has 4 rings (SSSR count). The van der Waals surface area contributed by atoms with E-state index in [2.05, 4.69) is 5.16 Å². The predicted molar refractivity (Wildman–Crippen MR) is 91.5 cm³/mol. The van der Waals surface area contributed by atoms with E-state index in [1.807, 2.05) is 4.90 Å². The molecule has 0 radical (unpaired) electrons. The normalized spacial score (nSPS) is 29.9. The monoisotopic (exact) mass is 367 g/mol. The smallest absolute Gasteiger partial charge is 0.276 e. The lowest BCUT2D eigenvalue weighted by Gasteiger charge is -2.34. The minimum atomic E-state index is -3.13. The number of piperidine rings is 1. The Morgan fingerprint density at radius 1 is 1.28 bits per heavy atom. The number of carbonyl (C=O) groups is 1. The van der Waals surface area contributed by atoms with Crippen molar-refractivity contribution in [3.63, 3.8) is 0 Å². The van der Waals surface area contributed by atoms with E-state index >= 15 is 0 Å². The highest BCUT2D eigenvalue weighted by atomic mass is 32.2. The summed E-state index contributed by atoms with van der Waals surface area (Å²) in [5.41, 5.74) is 0.360. The van der Waals surface area contributed by atoms with Gasteiger partial charge in [0.25, 0.3) is 5.91 Å². The number of likely N-dealkylation sites (tertiary alicyclic amines) is 1. The number of fused-ring (bicyclic) bond motifs is 1. The van der Waals surface area contributed by atoms with Crippen molar-refractivity contribution in [2.75, 3.05) is 20.1 Å². The van der Waals surface area contributed by atoms with Crippen molar-refractivity contribution in [3.05, 3.63) is 17.5 Å². The third-order valence-electron chi connectivity index (χ3n) is 6.04. The third-order valence-corrected chi connectivity index (χ3v) is 8.45. The zero-order valence-electron chi connectivity index (χ0n) is 14.7. The number of amides is 1. The minimum absolute atomic E-state index is 0.0740. The maximum atomic E-state index is 12.6. The van der Waals surface area contributed by atoms with Crippen LogP contribution in [0.3, 0.4) is 0 Å². The first-order valence-corrected chi connectivity index (χ1v) is 10.6. The maximum absolute atomic E-state index is 12.6. The predicted octanol–water partition coefficient (Wildman–Crippen LogP) is 1.65. The van der Waals surface area contributed by atoms with Gasteiger partial charge in [0, 0.05) is 32.2 Å². The Kier molecular flexibility index (Phi) is 4.15. The zero-order chi connectivity index (χ0) is 17.8. The molecule has 3 aliphatic rings. The quantitative estimate of drug-likeness (QED) is 0.808. The summed E-state index contributed by atoms with van der Waals surface area (Å²) in [4.78, 5) is 14.4. The summed E-state index contributed by atoms with van der Waals surface area (Å²) in [7, 11) is -1.40. The Balaban J connectivity index is 1.41. The van der Waals surface area contributed by atoms with Crippen molar-refractivity contribution >= 4 is 15.9 Å². The first kappa shape index (κ1) is 17.0. The van der Waals surface area contributed by atoms with Gasteiger partial charge in [-0.25, -0.2) is 12.7 Å². The van der Waals surface area contributed by atoms with Crippen molar-refractivity contribution in [1.82, 2.24) is 14.4 Å². The van der Waals surface area contributed by atoms with E-state index in [1.165, 1.54) is 0 Å². The van der Waals surface area contributed by atoms with Gasteiger partial charge in [-0.1, -0.05) is 5.16 Å². The number of aromatic nitrogens is 1. The Bertz CT molecular complexity index is 771. The van der Waals surface area contributed by atoms with Crippen LogP contribution in [0.1, 0.15) is 48.4 Å². The van der Waals surface area contributed by atoms with Gasteiger partial charge in [-0.3, -0.25) is 4.79 Å². The lowest BCUT2D eigenvalue weighted by molar-refractivity contribution is 0.0616. The summed E-state index contributed by atoms with van der Waals surface area (Å²) >= 11 is 0. The van der Waals surface area contributed by atoms with E-state index in [1.54, 1.807) is 24.3 Å². The van der Waals surface area contributed by atoms with E-state index in [0.29, 0.717) is 36.4 Å². The van der Waals surface area contributed by atoms with Crippen molar-refractivity contribution in [3.8, 4) is 0 Å². The van der Waals surface area contributed by atoms with Crippen LogP contribution in [0.5, 0.6) is 0 Å². The van der Waals surface area contributed by atoms with Gasteiger partial charge >= 0.3 is 0 Å². The van der Waals surface area contributed by atoms with Crippen LogP contribution in [-0.2, 0) is 10.0 Å². The van der Waals surface area contributed by atoms with Crippen LogP contribution in [-0.4, -0.2) is 60.1 Å². The van der Waals surface area contributed by atoms with Crippen molar-refractivity contribution in [2.45, 2.75) is 50.3 Å². The van der Waals surface area contributed by atoms with Crippen LogP contribution in [0, 0.1) is 18.8 Å². The highest BCUT2D eigenvalue weighted by Gasteiger charge is 2.46. The average Bonchev–Trinajstić information content (AvgIpc) is 3.24. The molecule has 7 nitrogen and oxygen atoms in total. The van der Waals surface area contributed by atoms with E-state index in [0.717, 1.165) is 32.1 Å². The summed E-state index contributed by atoms with van der Waals surface area (Å²) in [5, 5.41) is 3.67. The van der Waals surface area contributed by atoms with Gasteiger partial charge in [-0.2, -0.15) is 0 Å². The van der Waals surface area contributed by atoms with Crippen LogP contribution in [0.4, 0.5) is 0 Å². The van der Waals surface area contributed by atoms with E-state index in [-0.39, 0.29) is 17.2 Å². The minimum Gasteiger partial charge on any atom is -0.361 e. The molecule has 3 fully saturated rings. The molecule has 0 spiro atoms. The topological polar surface area (TPSA) is 83.7 Å². The highest BCUT2D eigenvalue weighted by Crippen LogP contribution is 2.42. The summed E-state index contributed by atoms with van der Waals surface area (Å²) in [6.07, 6.45) is 4.28. The average molecular weight is 367 g/mol. The molecule has 8 heteroatoms. The van der Waals surface area contributed by atoms with Gasteiger partial charge in [0.05, 0.1) is 5.25 Å². The Hall–Kier alpha value is -1.41. The summed E-state index contributed by atoms with van der Waals surface area (Å²) in [6.45, 7) is 3.16. The van der Waals surface area contributed by atoms with E-state index < -0.39 is 10.0 Å². The van der Waals surface area contributed by atoms with Crippen LogP contribution < -0.4 is 0 Å².